The number of aryl methyl sites for hydroxylation is 2. The average Bonchev–Trinajstić information content (AvgIpc) is 2.36. The van der Waals surface area contributed by atoms with E-state index in [4.69, 9.17) is 4.18 Å². The highest BCUT2D eigenvalue weighted by Gasteiger charge is 2.23. The minimum absolute atomic E-state index is 0.0914. The van der Waals surface area contributed by atoms with Crippen LogP contribution in [0.4, 0.5) is 8.78 Å². The molecule has 0 spiro atoms. The van der Waals surface area contributed by atoms with Crippen LogP contribution in [0.3, 0.4) is 0 Å². The molecule has 0 unspecified atom stereocenters. The second-order valence-electron chi connectivity index (χ2n) is 4.38. The molecule has 0 bridgehead atoms. The highest BCUT2D eigenvalue weighted by Crippen LogP contribution is 2.25. The van der Waals surface area contributed by atoms with Crippen molar-refractivity contribution in [3.8, 4) is 5.75 Å². The van der Waals surface area contributed by atoms with Crippen LogP contribution in [0.2, 0.25) is 0 Å². The maximum absolute atomic E-state index is 13.5. The third-order valence-corrected chi connectivity index (χ3v) is 3.96. The summed E-state index contributed by atoms with van der Waals surface area (Å²) >= 11 is 0. The Morgan fingerprint density at radius 3 is 2.40 bits per heavy atom. The Morgan fingerprint density at radius 2 is 1.70 bits per heavy atom. The van der Waals surface area contributed by atoms with Gasteiger partial charge in [0.2, 0.25) is 0 Å². The van der Waals surface area contributed by atoms with Crippen molar-refractivity contribution < 1.29 is 21.4 Å². The van der Waals surface area contributed by atoms with Crippen molar-refractivity contribution in [1.29, 1.82) is 0 Å². The monoisotopic (exact) mass is 298 g/mol. The molecule has 0 saturated heterocycles. The lowest BCUT2D eigenvalue weighted by Gasteiger charge is -2.10. The number of rotatable bonds is 3. The van der Waals surface area contributed by atoms with Crippen LogP contribution in [-0.4, -0.2) is 8.42 Å². The molecule has 6 heteroatoms. The molecule has 3 nitrogen and oxygen atoms in total. The smallest absolute Gasteiger partial charge is 0.342 e. The van der Waals surface area contributed by atoms with Crippen LogP contribution in [0.25, 0.3) is 0 Å². The summed E-state index contributed by atoms with van der Waals surface area (Å²) in [5.41, 5.74) is 1.37. The summed E-state index contributed by atoms with van der Waals surface area (Å²) in [7, 11) is -4.42. The lowest BCUT2D eigenvalue weighted by atomic mass is 10.1. The summed E-state index contributed by atoms with van der Waals surface area (Å²) in [5, 5.41) is 0. The van der Waals surface area contributed by atoms with Gasteiger partial charge in [0.05, 0.1) is 0 Å². The van der Waals surface area contributed by atoms with Gasteiger partial charge in [-0.3, -0.25) is 0 Å². The van der Waals surface area contributed by atoms with E-state index in [-0.39, 0.29) is 5.75 Å². The van der Waals surface area contributed by atoms with Crippen molar-refractivity contribution in [3.63, 3.8) is 0 Å². The van der Waals surface area contributed by atoms with Gasteiger partial charge in [0.15, 0.2) is 0 Å². The normalized spacial score (nSPS) is 11.4. The molecule has 0 heterocycles. The molecule has 0 aliphatic heterocycles. The number of hydrogen-bond acceptors (Lipinski definition) is 3. The highest BCUT2D eigenvalue weighted by molar-refractivity contribution is 7.87. The van der Waals surface area contributed by atoms with Crippen molar-refractivity contribution in [2.24, 2.45) is 0 Å². The van der Waals surface area contributed by atoms with Crippen LogP contribution in [0, 0.1) is 25.5 Å². The molecule has 0 aliphatic carbocycles. The Bertz CT molecular complexity index is 755. The molecule has 0 aliphatic rings. The summed E-state index contributed by atoms with van der Waals surface area (Å²) in [5.74, 6) is -1.82. The van der Waals surface area contributed by atoms with Crippen molar-refractivity contribution in [2.45, 2.75) is 18.7 Å². The fourth-order valence-electron chi connectivity index (χ4n) is 1.63. The molecule has 0 amide bonds. The maximum Gasteiger partial charge on any atom is 0.342 e. The lowest BCUT2D eigenvalue weighted by Crippen LogP contribution is -2.12. The van der Waals surface area contributed by atoms with E-state index in [2.05, 4.69) is 0 Å². The molecule has 106 valence electrons. The molecule has 0 atom stereocenters. The Morgan fingerprint density at radius 1 is 1.00 bits per heavy atom. The number of hydrogen-bond donors (Lipinski definition) is 0. The van der Waals surface area contributed by atoms with E-state index < -0.39 is 26.6 Å². The first kappa shape index (κ1) is 14.5. The van der Waals surface area contributed by atoms with E-state index in [9.17, 15) is 17.2 Å². The number of benzene rings is 2. The zero-order valence-corrected chi connectivity index (χ0v) is 11.7. The van der Waals surface area contributed by atoms with Crippen molar-refractivity contribution in [1.82, 2.24) is 0 Å². The third kappa shape index (κ3) is 2.96. The molecule has 0 aromatic heterocycles. The van der Waals surface area contributed by atoms with Gasteiger partial charge in [-0.15, -0.1) is 0 Å². The predicted molar refractivity (Wildman–Crippen MR) is 70.1 cm³/mol. The van der Waals surface area contributed by atoms with Crippen LogP contribution >= 0.6 is 0 Å². The van der Waals surface area contributed by atoms with E-state index in [0.717, 1.165) is 17.7 Å². The van der Waals surface area contributed by atoms with Crippen LogP contribution in [-0.2, 0) is 10.1 Å². The lowest BCUT2D eigenvalue weighted by molar-refractivity contribution is 0.472. The second-order valence-corrected chi connectivity index (χ2v) is 5.90. The zero-order valence-electron chi connectivity index (χ0n) is 10.9. The van der Waals surface area contributed by atoms with Crippen LogP contribution in [0.15, 0.2) is 41.3 Å². The Labute approximate surface area is 115 Å². The van der Waals surface area contributed by atoms with Crippen molar-refractivity contribution in [3.05, 3.63) is 59.2 Å². The SMILES string of the molecule is Cc1ccc(C)c(OS(=O)(=O)c2cc(F)ccc2F)c1. The third-order valence-electron chi connectivity index (χ3n) is 2.71. The predicted octanol–water partition coefficient (Wildman–Crippen LogP) is 3.35. The van der Waals surface area contributed by atoms with E-state index in [1.54, 1.807) is 26.0 Å². The molecule has 0 saturated carbocycles. The fourth-order valence-corrected chi connectivity index (χ4v) is 2.70. The quantitative estimate of drug-likeness (QED) is 0.816. The van der Waals surface area contributed by atoms with Gasteiger partial charge >= 0.3 is 10.1 Å². The van der Waals surface area contributed by atoms with E-state index in [1.807, 2.05) is 0 Å². The molecule has 2 rings (SSSR count). The van der Waals surface area contributed by atoms with Gasteiger partial charge in [-0.05, 0) is 49.2 Å². The van der Waals surface area contributed by atoms with Gasteiger partial charge in [-0.25, -0.2) is 8.78 Å². The van der Waals surface area contributed by atoms with Crippen molar-refractivity contribution in [2.75, 3.05) is 0 Å². The second kappa shape index (κ2) is 5.20. The summed E-state index contributed by atoms with van der Waals surface area (Å²) < 4.78 is 55.5. The molecule has 0 N–H and O–H groups in total. The molecule has 0 fully saturated rings. The number of halogens is 2. The zero-order chi connectivity index (χ0) is 14.9. The summed E-state index contributed by atoms with van der Waals surface area (Å²) in [4.78, 5) is -0.821. The van der Waals surface area contributed by atoms with Crippen LogP contribution in [0.1, 0.15) is 11.1 Å². The average molecular weight is 298 g/mol. The Hall–Kier alpha value is -1.95. The molecule has 2 aromatic carbocycles. The van der Waals surface area contributed by atoms with Gasteiger partial charge < -0.3 is 4.18 Å². The minimum Gasteiger partial charge on any atom is -0.379 e. The van der Waals surface area contributed by atoms with Crippen molar-refractivity contribution >= 4 is 10.1 Å². The standard InChI is InChI=1S/C14H12F2O3S/c1-9-3-4-10(2)13(7-9)19-20(17,18)14-8-11(15)5-6-12(14)16/h3-8H,1-2H3. The Balaban J connectivity index is 2.46. The maximum atomic E-state index is 13.5. The first-order valence-corrected chi connectivity index (χ1v) is 7.17. The van der Waals surface area contributed by atoms with E-state index >= 15 is 0 Å². The van der Waals surface area contributed by atoms with Gasteiger partial charge in [0.25, 0.3) is 0 Å². The summed E-state index contributed by atoms with van der Waals surface area (Å²) in [6, 6.07) is 7.17. The van der Waals surface area contributed by atoms with E-state index in [1.165, 1.54) is 6.07 Å². The largest absolute Gasteiger partial charge is 0.379 e. The molecule has 2 aromatic rings. The minimum atomic E-state index is -4.42. The van der Waals surface area contributed by atoms with Crippen LogP contribution < -0.4 is 4.18 Å². The summed E-state index contributed by atoms with van der Waals surface area (Å²) in [6.07, 6.45) is 0. The van der Waals surface area contributed by atoms with Crippen LogP contribution in [0.5, 0.6) is 5.75 Å². The summed E-state index contributed by atoms with van der Waals surface area (Å²) in [6.45, 7) is 3.42. The first-order valence-electron chi connectivity index (χ1n) is 5.76. The molecular formula is C14H12F2O3S. The molecule has 20 heavy (non-hydrogen) atoms. The topological polar surface area (TPSA) is 43.4 Å². The van der Waals surface area contributed by atoms with Gasteiger partial charge in [0, 0.05) is 0 Å². The van der Waals surface area contributed by atoms with Gasteiger partial charge in [-0.1, -0.05) is 12.1 Å². The molecular weight excluding hydrogens is 286 g/mol. The Kier molecular flexibility index (Phi) is 3.76. The van der Waals surface area contributed by atoms with Gasteiger partial charge in [-0.2, -0.15) is 8.42 Å². The fraction of sp³-hybridized carbons (Fsp3) is 0.143. The van der Waals surface area contributed by atoms with E-state index in [0.29, 0.717) is 11.6 Å². The first-order chi connectivity index (χ1) is 9.29. The molecule has 0 radical (unpaired) electrons. The highest BCUT2D eigenvalue weighted by atomic mass is 32.2. The van der Waals surface area contributed by atoms with Gasteiger partial charge in [0.1, 0.15) is 22.3 Å².